The molecule has 0 N–H and O–H groups in total. The molecule has 160 valence electrons. The topological polar surface area (TPSA) is 35.5 Å². The van der Waals surface area contributed by atoms with Gasteiger partial charge in [-0.1, -0.05) is 48.9 Å². The van der Waals surface area contributed by atoms with Gasteiger partial charge in [0, 0.05) is 0 Å². The molecule has 30 heavy (non-hydrogen) atoms. The van der Waals surface area contributed by atoms with Gasteiger partial charge in [-0.3, -0.25) is 0 Å². The molecule has 0 saturated heterocycles. The van der Waals surface area contributed by atoms with Crippen LogP contribution in [0.5, 0.6) is 5.75 Å². The van der Waals surface area contributed by atoms with Gasteiger partial charge in [-0.15, -0.1) is 0 Å². The lowest BCUT2D eigenvalue weighted by molar-refractivity contribution is 0.0334. The third kappa shape index (κ3) is 6.76. The second kappa shape index (κ2) is 11.0. The summed E-state index contributed by atoms with van der Waals surface area (Å²) in [4.78, 5) is 12.1. The number of ether oxygens (including phenoxy) is 2. The van der Waals surface area contributed by atoms with E-state index in [1.807, 2.05) is 26.0 Å². The Balaban J connectivity index is 1.40. The number of hydrogen-bond donors (Lipinski definition) is 0. The molecule has 1 atom stereocenters. The van der Waals surface area contributed by atoms with Gasteiger partial charge in [0.25, 0.3) is 0 Å². The van der Waals surface area contributed by atoms with E-state index in [-0.39, 0.29) is 12.1 Å². The van der Waals surface area contributed by atoms with Gasteiger partial charge in [-0.05, 0) is 87.6 Å². The highest BCUT2D eigenvalue weighted by molar-refractivity contribution is 5.89. The second-order valence-electron chi connectivity index (χ2n) is 8.51. The van der Waals surface area contributed by atoms with Gasteiger partial charge < -0.3 is 9.47 Å². The fraction of sp³-hybridized carbons (Fsp3) is 0.444. The Morgan fingerprint density at radius 1 is 1.03 bits per heavy atom. The SMILES string of the molecule is CCC(C)OC(=O)c1ccc(OCC2CCC(C=Cc3ccc(C)cc3)CC2)cc1. The molecule has 3 rings (SSSR count). The number of rotatable bonds is 8. The van der Waals surface area contributed by atoms with Gasteiger partial charge in [0.05, 0.1) is 18.3 Å². The maximum Gasteiger partial charge on any atom is 0.338 e. The van der Waals surface area contributed by atoms with Gasteiger partial charge in [0.1, 0.15) is 5.75 Å². The number of hydrogen-bond acceptors (Lipinski definition) is 3. The van der Waals surface area contributed by atoms with Crippen molar-refractivity contribution in [3.05, 3.63) is 71.3 Å². The van der Waals surface area contributed by atoms with Crippen LogP contribution in [0.4, 0.5) is 0 Å². The Morgan fingerprint density at radius 3 is 2.33 bits per heavy atom. The fourth-order valence-electron chi connectivity index (χ4n) is 3.71. The molecular weight excluding hydrogens is 372 g/mol. The molecule has 1 aliphatic carbocycles. The molecule has 1 unspecified atom stereocenters. The Hall–Kier alpha value is -2.55. The van der Waals surface area contributed by atoms with Crippen molar-refractivity contribution in [1.82, 2.24) is 0 Å². The minimum absolute atomic E-state index is 0.0599. The first-order valence-corrected chi connectivity index (χ1v) is 11.2. The predicted octanol–water partition coefficient (Wildman–Crippen LogP) is 6.85. The first-order valence-electron chi connectivity index (χ1n) is 11.2. The summed E-state index contributed by atoms with van der Waals surface area (Å²) in [6.45, 7) is 6.77. The fourth-order valence-corrected chi connectivity index (χ4v) is 3.71. The molecule has 3 nitrogen and oxygen atoms in total. The summed E-state index contributed by atoms with van der Waals surface area (Å²) in [7, 11) is 0. The quantitative estimate of drug-likeness (QED) is 0.450. The van der Waals surface area contributed by atoms with Crippen LogP contribution in [-0.4, -0.2) is 18.7 Å². The van der Waals surface area contributed by atoms with Crippen LogP contribution < -0.4 is 4.74 Å². The molecular formula is C27H34O3. The van der Waals surface area contributed by atoms with Crippen LogP contribution in [0, 0.1) is 18.8 Å². The van der Waals surface area contributed by atoms with E-state index in [0.717, 1.165) is 18.8 Å². The maximum absolute atomic E-state index is 12.1. The van der Waals surface area contributed by atoms with Crippen molar-refractivity contribution < 1.29 is 14.3 Å². The van der Waals surface area contributed by atoms with Crippen LogP contribution in [0.3, 0.4) is 0 Å². The van der Waals surface area contributed by atoms with Gasteiger partial charge in [0.15, 0.2) is 0 Å². The van der Waals surface area contributed by atoms with E-state index in [0.29, 0.717) is 17.4 Å². The summed E-state index contributed by atoms with van der Waals surface area (Å²) < 4.78 is 11.3. The lowest BCUT2D eigenvalue weighted by Crippen LogP contribution is -2.19. The number of benzene rings is 2. The predicted molar refractivity (Wildman–Crippen MR) is 123 cm³/mol. The van der Waals surface area contributed by atoms with Gasteiger partial charge in [0.2, 0.25) is 0 Å². The van der Waals surface area contributed by atoms with Gasteiger partial charge >= 0.3 is 5.97 Å². The van der Waals surface area contributed by atoms with E-state index < -0.39 is 0 Å². The first-order chi connectivity index (χ1) is 14.5. The van der Waals surface area contributed by atoms with E-state index in [1.165, 1.54) is 36.8 Å². The molecule has 1 aliphatic rings. The second-order valence-corrected chi connectivity index (χ2v) is 8.51. The van der Waals surface area contributed by atoms with E-state index in [2.05, 4.69) is 43.3 Å². The third-order valence-corrected chi connectivity index (χ3v) is 5.99. The summed E-state index contributed by atoms with van der Waals surface area (Å²) in [6.07, 6.45) is 10.2. The molecule has 0 bridgehead atoms. The van der Waals surface area contributed by atoms with Crippen molar-refractivity contribution in [1.29, 1.82) is 0 Å². The molecule has 0 radical (unpaired) electrons. The highest BCUT2D eigenvalue weighted by Gasteiger charge is 2.20. The van der Waals surface area contributed by atoms with Crippen molar-refractivity contribution in [2.45, 2.75) is 59.0 Å². The number of esters is 1. The summed E-state index contributed by atoms with van der Waals surface area (Å²) in [5.74, 6) is 1.81. The van der Waals surface area contributed by atoms with Crippen LogP contribution in [0.25, 0.3) is 6.08 Å². The highest BCUT2D eigenvalue weighted by atomic mass is 16.5. The number of carbonyl (C=O) groups excluding carboxylic acids is 1. The highest BCUT2D eigenvalue weighted by Crippen LogP contribution is 2.30. The minimum atomic E-state index is -0.270. The standard InChI is InChI=1S/C27H34O3/c1-4-21(3)30-27(28)25-15-17-26(18-16-25)29-19-24-13-11-23(12-14-24)10-9-22-7-5-20(2)6-8-22/h5-10,15-18,21,23-24H,4,11-14,19H2,1-3H3. The maximum atomic E-state index is 12.1. The first kappa shape index (κ1) is 22.1. The van der Waals surface area contributed by atoms with Crippen LogP contribution in [0.15, 0.2) is 54.6 Å². The molecule has 3 heteroatoms. The zero-order valence-electron chi connectivity index (χ0n) is 18.5. The van der Waals surface area contributed by atoms with Crippen molar-refractivity contribution in [3.63, 3.8) is 0 Å². The Labute approximate surface area is 181 Å². The molecule has 2 aromatic carbocycles. The normalized spacial score (nSPS) is 20.1. The smallest absolute Gasteiger partial charge is 0.338 e. The summed E-state index contributed by atoms with van der Waals surface area (Å²) in [5.41, 5.74) is 3.15. The zero-order chi connectivity index (χ0) is 21.3. The molecule has 1 fully saturated rings. The molecule has 1 saturated carbocycles. The Morgan fingerprint density at radius 2 is 1.70 bits per heavy atom. The van der Waals surface area contributed by atoms with E-state index >= 15 is 0 Å². The van der Waals surface area contributed by atoms with Crippen molar-refractivity contribution in [2.75, 3.05) is 6.61 Å². The number of carbonyl (C=O) groups is 1. The summed E-state index contributed by atoms with van der Waals surface area (Å²) in [5, 5.41) is 0. The Bertz CT molecular complexity index is 812. The molecule has 0 aliphatic heterocycles. The van der Waals surface area contributed by atoms with E-state index in [4.69, 9.17) is 9.47 Å². The largest absolute Gasteiger partial charge is 0.493 e. The minimum Gasteiger partial charge on any atom is -0.493 e. The van der Waals surface area contributed by atoms with Crippen molar-refractivity contribution in [2.24, 2.45) is 11.8 Å². The summed E-state index contributed by atoms with van der Waals surface area (Å²) in [6, 6.07) is 16.0. The zero-order valence-corrected chi connectivity index (χ0v) is 18.5. The van der Waals surface area contributed by atoms with Gasteiger partial charge in [-0.2, -0.15) is 0 Å². The van der Waals surface area contributed by atoms with E-state index in [9.17, 15) is 4.79 Å². The third-order valence-electron chi connectivity index (χ3n) is 5.99. The molecule has 0 amide bonds. The molecule has 0 heterocycles. The molecule has 2 aromatic rings. The monoisotopic (exact) mass is 406 g/mol. The van der Waals surface area contributed by atoms with Gasteiger partial charge in [-0.25, -0.2) is 4.79 Å². The molecule has 0 aromatic heterocycles. The summed E-state index contributed by atoms with van der Waals surface area (Å²) >= 11 is 0. The van der Waals surface area contributed by atoms with Crippen LogP contribution in [0.1, 0.15) is 67.4 Å². The van der Waals surface area contributed by atoms with Crippen molar-refractivity contribution in [3.8, 4) is 5.75 Å². The number of allylic oxidation sites excluding steroid dienone is 1. The lowest BCUT2D eigenvalue weighted by atomic mass is 9.82. The van der Waals surface area contributed by atoms with Crippen molar-refractivity contribution >= 4 is 12.0 Å². The van der Waals surface area contributed by atoms with Crippen LogP contribution in [0.2, 0.25) is 0 Å². The average molecular weight is 407 g/mol. The van der Waals surface area contributed by atoms with Crippen LogP contribution >= 0.6 is 0 Å². The molecule has 0 spiro atoms. The number of aryl methyl sites for hydroxylation is 1. The van der Waals surface area contributed by atoms with Crippen LogP contribution in [-0.2, 0) is 4.74 Å². The Kier molecular flexibility index (Phi) is 8.12. The average Bonchev–Trinajstić information content (AvgIpc) is 2.78. The lowest BCUT2D eigenvalue weighted by Gasteiger charge is -2.26. The van der Waals surface area contributed by atoms with E-state index in [1.54, 1.807) is 12.1 Å².